The smallest absolute Gasteiger partial charge is 0.380 e. The molecule has 2 N–H and O–H groups in total. The molecule has 0 amide bonds. The van der Waals surface area contributed by atoms with Gasteiger partial charge in [-0.3, -0.25) is 9.36 Å². The summed E-state index contributed by atoms with van der Waals surface area (Å²) in [5, 5.41) is 34.3. The van der Waals surface area contributed by atoms with Crippen molar-refractivity contribution in [2.24, 2.45) is 0 Å². The minimum absolute atomic E-state index is 0.0875. The van der Waals surface area contributed by atoms with Gasteiger partial charge in [-0.15, -0.1) is 33.7 Å². The Bertz CT molecular complexity index is 1450. The molecule has 2 aromatic heterocycles. The average molecular weight is 619 g/mol. The molecule has 2 aromatic rings. The topological polar surface area (TPSA) is 102 Å². The van der Waals surface area contributed by atoms with Crippen molar-refractivity contribution in [1.82, 2.24) is 30.0 Å². The number of thioether (sulfide) groups is 2. The van der Waals surface area contributed by atoms with E-state index >= 15 is 17.6 Å². The van der Waals surface area contributed by atoms with E-state index in [0.717, 1.165) is 23.5 Å². The van der Waals surface area contributed by atoms with Gasteiger partial charge in [-0.05, 0) is 50.0 Å². The predicted octanol–water partition coefficient (Wildman–Crippen LogP) is 4.55. The van der Waals surface area contributed by atoms with Crippen LogP contribution in [0.5, 0.6) is 0 Å². The lowest BCUT2D eigenvalue weighted by Crippen LogP contribution is -2.48. The van der Waals surface area contributed by atoms with Crippen LogP contribution in [0.4, 0.5) is 26.3 Å². The molecule has 16 heteroatoms. The summed E-state index contributed by atoms with van der Waals surface area (Å²) >= 11 is 2.17. The molecule has 0 radical (unpaired) electrons. The van der Waals surface area contributed by atoms with Crippen molar-refractivity contribution in [3.05, 3.63) is 58.2 Å². The minimum atomic E-state index is -5.65. The van der Waals surface area contributed by atoms with E-state index < -0.39 is 38.4 Å². The number of allylic oxidation sites excluding steroid dienone is 4. The summed E-state index contributed by atoms with van der Waals surface area (Å²) < 4.78 is 91.9. The molecule has 2 atom stereocenters. The molecule has 6 rings (SSSR count). The Kier molecular flexibility index (Phi) is 6.42. The Morgan fingerprint density at radius 2 is 1.10 bits per heavy atom. The molecule has 220 valence electrons. The van der Waals surface area contributed by atoms with Gasteiger partial charge in [0, 0.05) is 47.3 Å². The minimum Gasteiger partial charge on any atom is -0.396 e. The first-order valence-electron chi connectivity index (χ1n) is 12.7. The molecule has 2 aliphatic heterocycles. The number of aromatic nitrogens is 6. The van der Waals surface area contributed by atoms with Gasteiger partial charge in [-0.1, -0.05) is 10.4 Å². The lowest BCUT2D eigenvalue weighted by molar-refractivity contribution is -0.258. The number of alkyl halides is 6. The summed E-state index contributed by atoms with van der Waals surface area (Å²) in [5.74, 6) is -15.9. The highest BCUT2D eigenvalue weighted by Gasteiger charge is 2.84. The van der Waals surface area contributed by atoms with Crippen molar-refractivity contribution in [2.45, 2.75) is 67.0 Å². The maximum Gasteiger partial charge on any atom is 0.380 e. The summed E-state index contributed by atoms with van der Waals surface area (Å²) in [6.07, 6.45) is 6.34. The molecule has 1 saturated carbocycles. The molecule has 41 heavy (non-hydrogen) atoms. The molecular formula is C25H24F6N6O2S2. The van der Waals surface area contributed by atoms with Gasteiger partial charge in [0.25, 0.3) is 0 Å². The lowest BCUT2D eigenvalue weighted by Gasteiger charge is -2.47. The number of halogens is 6. The van der Waals surface area contributed by atoms with Crippen LogP contribution in [0.1, 0.15) is 38.1 Å². The van der Waals surface area contributed by atoms with Gasteiger partial charge in [-0.2, -0.15) is 26.3 Å². The van der Waals surface area contributed by atoms with Gasteiger partial charge in [-0.25, -0.2) is 0 Å². The van der Waals surface area contributed by atoms with Crippen molar-refractivity contribution in [3.63, 3.8) is 0 Å². The van der Waals surface area contributed by atoms with E-state index in [1.165, 1.54) is 33.9 Å². The number of fused-ring (bicyclic) bond motifs is 4. The molecule has 4 aliphatic rings. The van der Waals surface area contributed by atoms with E-state index in [-0.39, 0.29) is 35.7 Å². The Morgan fingerprint density at radius 3 is 1.46 bits per heavy atom. The fourth-order valence-electron chi connectivity index (χ4n) is 5.67. The van der Waals surface area contributed by atoms with Gasteiger partial charge in [0.2, 0.25) is 0 Å². The second-order valence-electron chi connectivity index (χ2n) is 10.5. The van der Waals surface area contributed by atoms with Crippen molar-refractivity contribution < 1.29 is 36.6 Å². The van der Waals surface area contributed by atoms with E-state index in [4.69, 9.17) is 10.2 Å². The highest BCUT2D eigenvalue weighted by Crippen LogP contribution is 2.75. The molecule has 2 aliphatic carbocycles. The fourth-order valence-corrected chi connectivity index (χ4v) is 8.70. The van der Waals surface area contributed by atoms with Crippen molar-refractivity contribution >= 4 is 33.3 Å². The normalized spacial score (nSPS) is 29.0. The maximum atomic E-state index is 15.5. The highest BCUT2D eigenvalue weighted by molar-refractivity contribution is 8.14. The number of rotatable bonds is 8. The van der Waals surface area contributed by atoms with Crippen LogP contribution < -0.4 is 0 Å². The molecule has 8 nitrogen and oxygen atoms in total. The third-order valence-corrected chi connectivity index (χ3v) is 11.3. The van der Waals surface area contributed by atoms with Crippen LogP contribution in [0, 0.1) is 0 Å². The van der Waals surface area contributed by atoms with Crippen molar-refractivity contribution in [1.29, 1.82) is 0 Å². The van der Waals surface area contributed by atoms with Gasteiger partial charge >= 0.3 is 17.8 Å². The lowest BCUT2D eigenvalue weighted by atomic mass is 9.71. The zero-order chi connectivity index (χ0) is 29.6. The molecule has 4 heterocycles. The van der Waals surface area contributed by atoms with Crippen LogP contribution in [0.15, 0.2) is 46.8 Å². The first kappa shape index (κ1) is 28.6. The van der Waals surface area contributed by atoms with Gasteiger partial charge in [0.05, 0.1) is 21.9 Å². The second kappa shape index (κ2) is 9.22. The maximum absolute atomic E-state index is 15.5. The van der Waals surface area contributed by atoms with E-state index in [1.807, 2.05) is 0 Å². The van der Waals surface area contributed by atoms with Crippen molar-refractivity contribution in [3.8, 4) is 0 Å². The average Bonchev–Trinajstić information content (AvgIpc) is 3.70. The Labute approximate surface area is 238 Å². The molecule has 0 unspecified atom stereocenters. The molecule has 1 fully saturated rings. The second-order valence-corrected chi connectivity index (χ2v) is 13.4. The van der Waals surface area contributed by atoms with Crippen LogP contribution in [0.25, 0.3) is 9.81 Å². The van der Waals surface area contributed by atoms with Crippen molar-refractivity contribution in [2.75, 3.05) is 13.2 Å². The summed E-state index contributed by atoms with van der Waals surface area (Å²) in [6.45, 7) is 3.66. The Balaban J connectivity index is 1.53. The Hall–Kier alpha value is -2.56. The zero-order valence-corrected chi connectivity index (χ0v) is 23.3. The zero-order valence-electron chi connectivity index (χ0n) is 21.7. The fraction of sp³-hybridized carbons (Fsp3) is 0.520. The molecule has 0 bridgehead atoms. The summed E-state index contributed by atoms with van der Waals surface area (Å²) in [5.41, 5.74) is -2.79. The number of nitrogens with zero attached hydrogens (tertiary/aromatic N) is 6. The number of aliphatic hydroxyl groups is 2. The number of aryl methyl sites for hydroxylation is 2. The quantitative estimate of drug-likeness (QED) is 0.416. The molecule has 0 aromatic carbocycles. The monoisotopic (exact) mass is 618 g/mol. The van der Waals surface area contributed by atoms with E-state index in [1.54, 1.807) is 13.8 Å². The SMILES string of the molecule is C[C@@]12SC(c3cn(CCCO)nn3)=CC1=C1C(=C3C=C(c4cn(CCCO)nn4)S[C@]32C)C(F)(F)C(F)(F)C1(F)F. The van der Waals surface area contributed by atoms with E-state index in [0.29, 0.717) is 35.7 Å². The molecule has 0 saturated heterocycles. The third kappa shape index (κ3) is 3.72. The van der Waals surface area contributed by atoms with Crippen LogP contribution in [0.3, 0.4) is 0 Å². The predicted molar refractivity (Wildman–Crippen MR) is 140 cm³/mol. The van der Waals surface area contributed by atoms with Crippen LogP contribution in [-0.4, -0.2) is 80.7 Å². The van der Waals surface area contributed by atoms with Crippen LogP contribution in [0.2, 0.25) is 0 Å². The van der Waals surface area contributed by atoms with Crippen LogP contribution >= 0.6 is 23.5 Å². The third-order valence-electron chi connectivity index (χ3n) is 8.00. The van der Waals surface area contributed by atoms with Gasteiger partial charge in [0.1, 0.15) is 11.4 Å². The van der Waals surface area contributed by atoms with Gasteiger partial charge < -0.3 is 10.2 Å². The number of hydrogen-bond donors (Lipinski definition) is 2. The first-order chi connectivity index (χ1) is 19.2. The standard InChI is InChI=1S/C25H24F6N6O2S2/c1-21-13(9-17(40-21)15-11-36(34-32-15)5-3-7-38)19-20(24(28,29)25(30,31)23(19,26)27)14-10-18(41-22(14,21)2)16-12-37(35-33-16)6-4-8-39/h9-12,38-39H,3-8H2,1-2H3/t21-,22-/m1/s1. The van der Waals surface area contributed by atoms with E-state index in [9.17, 15) is 8.78 Å². The molecular weight excluding hydrogens is 594 g/mol. The number of hydrogen-bond acceptors (Lipinski definition) is 8. The number of aliphatic hydroxyl groups excluding tert-OH is 2. The summed E-state index contributed by atoms with van der Waals surface area (Å²) in [4.78, 5) is 0.649. The first-order valence-corrected chi connectivity index (χ1v) is 14.3. The van der Waals surface area contributed by atoms with E-state index in [2.05, 4.69) is 20.6 Å². The molecule has 0 spiro atoms. The van der Waals surface area contributed by atoms with Crippen LogP contribution in [-0.2, 0) is 13.1 Å². The summed E-state index contributed by atoms with van der Waals surface area (Å²) in [7, 11) is 0. The Morgan fingerprint density at radius 1 is 0.707 bits per heavy atom. The summed E-state index contributed by atoms with van der Waals surface area (Å²) in [6, 6.07) is 0. The van der Waals surface area contributed by atoms with Gasteiger partial charge in [0.15, 0.2) is 0 Å². The highest BCUT2D eigenvalue weighted by atomic mass is 32.2. The largest absolute Gasteiger partial charge is 0.396 e.